The van der Waals surface area contributed by atoms with Gasteiger partial charge in [0.1, 0.15) is 5.75 Å². The van der Waals surface area contributed by atoms with E-state index in [1.54, 1.807) is 0 Å². The zero-order valence-corrected chi connectivity index (χ0v) is 18.4. The minimum absolute atomic E-state index is 0.0826. The van der Waals surface area contributed by atoms with Gasteiger partial charge in [-0.3, -0.25) is 9.59 Å². The summed E-state index contributed by atoms with van der Waals surface area (Å²) in [5.74, 6) is 2.40. The van der Waals surface area contributed by atoms with Crippen LogP contribution in [0.3, 0.4) is 0 Å². The molecular weight excluding hydrogens is 376 g/mol. The van der Waals surface area contributed by atoms with E-state index in [-0.39, 0.29) is 11.8 Å². The van der Waals surface area contributed by atoms with Gasteiger partial charge >= 0.3 is 0 Å². The first kappa shape index (κ1) is 21.2. The number of ether oxygens (including phenoxy) is 1. The first-order chi connectivity index (χ1) is 14.6. The summed E-state index contributed by atoms with van der Waals surface area (Å²) in [6.07, 6.45) is 8.76. The maximum absolute atomic E-state index is 13.1. The lowest BCUT2D eigenvalue weighted by atomic mass is 9.96. The number of nitrogens with zero attached hydrogens (tertiary/aromatic N) is 2. The lowest BCUT2D eigenvalue weighted by molar-refractivity contribution is -0.137. The first-order valence-corrected chi connectivity index (χ1v) is 11.9. The summed E-state index contributed by atoms with van der Waals surface area (Å²) < 4.78 is 6.18. The molecule has 1 unspecified atom stereocenters. The van der Waals surface area contributed by atoms with Gasteiger partial charge in [0.25, 0.3) is 5.91 Å². The molecule has 30 heavy (non-hydrogen) atoms. The summed E-state index contributed by atoms with van der Waals surface area (Å²) in [4.78, 5) is 29.9. The second-order valence-electron chi connectivity index (χ2n) is 9.56. The highest BCUT2D eigenvalue weighted by atomic mass is 16.5. The maximum atomic E-state index is 13.1. The van der Waals surface area contributed by atoms with Crippen molar-refractivity contribution in [1.29, 1.82) is 0 Å². The van der Waals surface area contributed by atoms with Crippen LogP contribution in [0.4, 0.5) is 0 Å². The molecule has 5 heteroatoms. The van der Waals surface area contributed by atoms with Crippen LogP contribution in [0.25, 0.3) is 0 Å². The Morgan fingerprint density at radius 2 is 1.67 bits per heavy atom. The van der Waals surface area contributed by atoms with Gasteiger partial charge in [-0.1, -0.05) is 31.9 Å². The van der Waals surface area contributed by atoms with E-state index in [1.807, 2.05) is 29.2 Å². The number of benzene rings is 1. The predicted octanol–water partition coefficient (Wildman–Crippen LogP) is 4.37. The van der Waals surface area contributed by atoms with E-state index in [1.165, 1.54) is 12.8 Å². The summed E-state index contributed by atoms with van der Waals surface area (Å²) in [5.41, 5.74) is 0.668. The Balaban J connectivity index is 1.34. The van der Waals surface area contributed by atoms with E-state index < -0.39 is 0 Å². The Labute approximate surface area is 180 Å². The van der Waals surface area contributed by atoms with Crippen molar-refractivity contribution in [1.82, 2.24) is 9.80 Å². The number of carbonyl (C=O) groups excluding carboxylic acids is 2. The summed E-state index contributed by atoms with van der Waals surface area (Å²) in [6.45, 7) is 6.15. The van der Waals surface area contributed by atoms with Crippen molar-refractivity contribution in [3.63, 3.8) is 0 Å². The number of para-hydroxylation sites is 1. The lowest BCUT2D eigenvalue weighted by Gasteiger charge is -2.34. The van der Waals surface area contributed by atoms with Crippen LogP contribution in [-0.2, 0) is 4.79 Å². The van der Waals surface area contributed by atoms with Crippen LogP contribution in [0.15, 0.2) is 24.3 Å². The Hall–Kier alpha value is -2.04. The second-order valence-corrected chi connectivity index (χ2v) is 9.56. The summed E-state index contributed by atoms with van der Waals surface area (Å²) in [6, 6.07) is 7.63. The molecule has 3 aliphatic rings. The molecule has 3 fully saturated rings. The van der Waals surface area contributed by atoms with Crippen LogP contribution in [0.5, 0.6) is 5.75 Å². The highest BCUT2D eigenvalue weighted by molar-refractivity contribution is 5.97. The molecule has 0 bridgehead atoms. The van der Waals surface area contributed by atoms with E-state index in [0.717, 1.165) is 64.7 Å². The van der Waals surface area contributed by atoms with E-state index in [2.05, 4.69) is 11.8 Å². The second kappa shape index (κ2) is 9.84. The fourth-order valence-corrected chi connectivity index (χ4v) is 5.19. The number of rotatable bonds is 5. The fraction of sp³-hybridized carbons (Fsp3) is 0.680. The van der Waals surface area contributed by atoms with Crippen LogP contribution in [0.1, 0.15) is 68.6 Å². The molecule has 164 valence electrons. The molecule has 0 aromatic heterocycles. The topological polar surface area (TPSA) is 49.9 Å². The van der Waals surface area contributed by atoms with Crippen LogP contribution in [0, 0.1) is 17.8 Å². The average molecular weight is 413 g/mol. The van der Waals surface area contributed by atoms with Crippen molar-refractivity contribution in [3.05, 3.63) is 29.8 Å². The summed E-state index contributed by atoms with van der Waals surface area (Å²) in [5, 5.41) is 0. The number of carbonyl (C=O) groups is 2. The van der Waals surface area contributed by atoms with Crippen LogP contribution in [-0.4, -0.2) is 54.4 Å². The van der Waals surface area contributed by atoms with E-state index >= 15 is 0 Å². The predicted molar refractivity (Wildman–Crippen MR) is 118 cm³/mol. The van der Waals surface area contributed by atoms with Gasteiger partial charge in [-0.05, 0) is 56.6 Å². The van der Waals surface area contributed by atoms with Crippen molar-refractivity contribution < 1.29 is 14.3 Å². The number of hydrogen-bond acceptors (Lipinski definition) is 3. The van der Waals surface area contributed by atoms with Gasteiger partial charge < -0.3 is 14.5 Å². The maximum Gasteiger partial charge on any atom is 0.257 e. The van der Waals surface area contributed by atoms with E-state index in [9.17, 15) is 9.59 Å². The molecule has 1 aromatic rings. The van der Waals surface area contributed by atoms with Gasteiger partial charge in [0.15, 0.2) is 0 Å². The molecule has 2 heterocycles. The van der Waals surface area contributed by atoms with Crippen molar-refractivity contribution >= 4 is 11.8 Å². The van der Waals surface area contributed by atoms with Gasteiger partial charge in [-0.25, -0.2) is 0 Å². The molecule has 1 saturated carbocycles. The molecule has 2 amide bonds. The SMILES string of the molecule is CC1CCN(C(=O)c2ccccc2OCC2CCCN(C(=O)C3CCCC3)C2)CC1. The van der Waals surface area contributed by atoms with Crippen LogP contribution < -0.4 is 4.74 Å². The normalized spacial score (nSPS) is 23.6. The number of amides is 2. The Morgan fingerprint density at radius 1 is 0.933 bits per heavy atom. The highest BCUT2D eigenvalue weighted by Crippen LogP contribution is 2.29. The number of likely N-dealkylation sites (tertiary alicyclic amines) is 2. The molecule has 0 radical (unpaired) electrons. The van der Waals surface area contributed by atoms with Crippen LogP contribution in [0.2, 0.25) is 0 Å². The monoisotopic (exact) mass is 412 g/mol. The zero-order valence-electron chi connectivity index (χ0n) is 18.4. The molecule has 2 aliphatic heterocycles. The molecular formula is C25H36N2O3. The largest absolute Gasteiger partial charge is 0.492 e. The standard InChI is InChI=1S/C25H36N2O3/c1-19-12-15-26(16-13-19)25(29)22-10-4-5-11-23(22)30-18-20-7-6-14-27(17-20)24(28)21-8-2-3-9-21/h4-5,10-11,19-21H,2-3,6-9,12-18H2,1H3. The van der Waals surface area contributed by atoms with Crippen molar-refractivity contribution in [2.24, 2.45) is 17.8 Å². The van der Waals surface area contributed by atoms with E-state index in [4.69, 9.17) is 4.74 Å². The number of hydrogen-bond donors (Lipinski definition) is 0. The first-order valence-electron chi connectivity index (χ1n) is 11.9. The molecule has 0 spiro atoms. The molecule has 0 N–H and O–H groups in total. The Bertz CT molecular complexity index is 736. The highest BCUT2D eigenvalue weighted by Gasteiger charge is 2.31. The third-order valence-electron chi connectivity index (χ3n) is 7.20. The zero-order chi connectivity index (χ0) is 20.9. The molecule has 1 aromatic carbocycles. The fourth-order valence-electron chi connectivity index (χ4n) is 5.19. The van der Waals surface area contributed by atoms with Gasteiger partial charge in [0.05, 0.1) is 12.2 Å². The Kier molecular flexibility index (Phi) is 6.96. The molecule has 4 rings (SSSR count). The molecule has 5 nitrogen and oxygen atoms in total. The molecule has 2 saturated heterocycles. The van der Waals surface area contributed by atoms with Crippen molar-refractivity contribution in [3.8, 4) is 5.75 Å². The third-order valence-corrected chi connectivity index (χ3v) is 7.20. The lowest BCUT2D eigenvalue weighted by Crippen LogP contribution is -2.44. The summed E-state index contributed by atoms with van der Waals surface area (Å²) in [7, 11) is 0. The van der Waals surface area contributed by atoms with Gasteiger partial charge in [0.2, 0.25) is 5.91 Å². The van der Waals surface area contributed by atoms with Gasteiger partial charge in [-0.15, -0.1) is 0 Å². The minimum Gasteiger partial charge on any atom is -0.492 e. The summed E-state index contributed by atoms with van der Waals surface area (Å²) >= 11 is 0. The number of piperidine rings is 2. The smallest absolute Gasteiger partial charge is 0.257 e. The van der Waals surface area contributed by atoms with Gasteiger partial charge in [0, 0.05) is 38.0 Å². The molecule has 1 aliphatic carbocycles. The van der Waals surface area contributed by atoms with Crippen molar-refractivity contribution in [2.45, 2.75) is 58.3 Å². The van der Waals surface area contributed by atoms with Gasteiger partial charge in [-0.2, -0.15) is 0 Å². The van der Waals surface area contributed by atoms with Crippen LogP contribution >= 0.6 is 0 Å². The minimum atomic E-state index is 0.0826. The third kappa shape index (κ3) is 4.98. The molecule has 1 atom stereocenters. The van der Waals surface area contributed by atoms with E-state index in [0.29, 0.717) is 35.7 Å². The Morgan fingerprint density at radius 3 is 2.43 bits per heavy atom. The quantitative estimate of drug-likeness (QED) is 0.722. The average Bonchev–Trinajstić information content (AvgIpc) is 3.33. The van der Waals surface area contributed by atoms with Crippen molar-refractivity contribution in [2.75, 3.05) is 32.8 Å².